The highest BCUT2D eigenvalue weighted by molar-refractivity contribution is 9.09. The second-order valence-electron chi connectivity index (χ2n) is 9.23. The Hall–Kier alpha value is 0.100. The topological polar surface area (TPSA) is 60.7 Å². The quantitative estimate of drug-likeness (QED) is 0.480. The van der Waals surface area contributed by atoms with Gasteiger partial charge < -0.3 is 15.3 Å². The minimum Gasteiger partial charge on any atom is -0.393 e. The van der Waals surface area contributed by atoms with Gasteiger partial charge in [-0.05, 0) is 73.7 Å². The Morgan fingerprint density at radius 1 is 1.21 bits per heavy atom. The minimum atomic E-state index is -0.850. The first kappa shape index (κ1) is 20.4. The number of halogens is 1. The number of aliphatic hydroxyl groups excluding tert-OH is 2. The van der Waals surface area contributed by atoms with Crippen molar-refractivity contribution in [1.29, 1.82) is 0 Å². The number of alkyl halides is 1. The molecule has 3 N–H and O–H groups in total. The van der Waals surface area contributed by atoms with E-state index in [9.17, 15) is 10.2 Å². The van der Waals surface area contributed by atoms with Crippen molar-refractivity contribution in [2.75, 3.05) is 6.61 Å². The standard InChI is InChI=1S/C20H35BrO3/c1-13(14(23)12-22)6-7-16-19(4)10-9-17(21)18(2,3)15(19)8-11-20(16,5)24/h14-17,22-24H,1,6-12H2,2-5H3. The molecule has 6 atom stereocenters. The molecule has 2 aliphatic rings. The Balaban J connectivity index is 2.24. The highest BCUT2D eigenvalue weighted by atomic mass is 79.9. The Labute approximate surface area is 155 Å². The van der Waals surface area contributed by atoms with Crippen LogP contribution in [-0.2, 0) is 0 Å². The number of hydrogen-bond donors (Lipinski definition) is 3. The number of hydrogen-bond acceptors (Lipinski definition) is 3. The molecular weight excluding hydrogens is 368 g/mol. The van der Waals surface area contributed by atoms with Gasteiger partial charge in [-0.3, -0.25) is 0 Å². The molecule has 24 heavy (non-hydrogen) atoms. The van der Waals surface area contributed by atoms with Crippen LogP contribution in [0.25, 0.3) is 0 Å². The molecule has 0 heterocycles. The van der Waals surface area contributed by atoms with E-state index in [4.69, 9.17) is 5.11 Å². The lowest BCUT2D eigenvalue weighted by molar-refractivity contribution is -0.166. The third kappa shape index (κ3) is 3.49. The molecule has 0 saturated heterocycles. The molecule has 0 radical (unpaired) electrons. The molecule has 3 nitrogen and oxygen atoms in total. The zero-order chi connectivity index (χ0) is 18.3. The van der Waals surface area contributed by atoms with Crippen LogP contribution in [0, 0.1) is 22.7 Å². The first-order valence-electron chi connectivity index (χ1n) is 9.30. The minimum absolute atomic E-state index is 0.0972. The smallest absolute Gasteiger partial charge is 0.0978 e. The number of rotatable bonds is 5. The van der Waals surface area contributed by atoms with Crippen molar-refractivity contribution in [2.24, 2.45) is 22.7 Å². The zero-order valence-corrected chi connectivity index (χ0v) is 17.3. The summed E-state index contributed by atoms with van der Waals surface area (Å²) < 4.78 is 0. The van der Waals surface area contributed by atoms with E-state index < -0.39 is 11.7 Å². The second-order valence-corrected chi connectivity index (χ2v) is 10.3. The fraction of sp³-hybridized carbons (Fsp3) is 0.900. The van der Waals surface area contributed by atoms with Crippen molar-refractivity contribution in [3.8, 4) is 0 Å². The van der Waals surface area contributed by atoms with Gasteiger partial charge in [0.05, 0.1) is 18.3 Å². The van der Waals surface area contributed by atoms with Crippen LogP contribution >= 0.6 is 15.9 Å². The molecule has 0 bridgehead atoms. The molecule has 0 aromatic rings. The second kappa shape index (κ2) is 7.02. The van der Waals surface area contributed by atoms with Crippen molar-refractivity contribution < 1.29 is 15.3 Å². The van der Waals surface area contributed by atoms with E-state index in [1.807, 2.05) is 6.92 Å². The predicted octanol–water partition coefficient (Wildman–Crippen LogP) is 4.04. The Kier molecular flexibility index (Phi) is 5.97. The van der Waals surface area contributed by atoms with E-state index in [0.717, 1.165) is 32.1 Å². The molecule has 4 heteroatoms. The maximum Gasteiger partial charge on any atom is 0.0978 e. The van der Waals surface area contributed by atoms with Gasteiger partial charge in [-0.25, -0.2) is 0 Å². The summed E-state index contributed by atoms with van der Waals surface area (Å²) in [6.45, 7) is 12.7. The van der Waals surface area contributed by atoms with Crippen LogP contribution < -0.4 is 0 Å². The number of fused-ring (bicyclic) bond motifs is 1. The molecule has 2 aliphatic carbocycles. The molecule has 6 unspecified atom stereocenters. The maximum atomic E-state index is 11.1. The van der Waals surface area contributed by atoms with Crippen LogP contribution in [0.4, 0.5) is 0 Å². The van der Waals surface area contributed by atoms with E-state index in [1.165, 1.54) is 0 Å². The lowest BCUT2D eigenvalue weighted by Crippen LogP contribution is -2.59. The summed E-state index contributed by atoms with van der Waals surface area (Å²) in [5.41, 5.74) is 0.307. The predicted molar refractivity (Wildman–Crippen MR) is 102 cm³/mol. The fourth-order valence-electron chi connectivity index (χ4n) is 5.76. The zero-order valence-electron chi connectivity index (χ0n) is 15.7. The summed E-state index contributed by atoms with van der Waals surface area (Å²) >= 11 is 3.90. The first-order chi connectivity index (χ1) is 11.0. The molecule has 140 valence electrons. The van der Waals surface area contributed by atoms with E-state index in [0.29, 0.717) is 22.7 Å². The summed E-state index contributed by atoms with van der Waals surface area (Å²) in [5, 5.41) is 30.0. The normalized spacial score (nSPS) is 43.1. The van der Waals surface area contributed by atoms with E-state index in [2.05, 4.69) is 43.3 Å². The van der Waals surface area contributed by atoms with Gasteiger partial charge in [0.2, 0.25) is 0 Å². The van der Waals surface area contributed by atoms with Crippen molar-refractivity contribution in [3.63, 3.8) is 0 Å². The monoisotopic (exact) mass is 402 g/mol. The lowest BCUT2D eigenvalue weighted by atomic mass is 9.45. The highest BCUT2D eigenvalue weighted by Crippen LogP contribution is 2.64. The molecule has 0 aromatic heterocycles. The molecule has 0 aliphatic heterocycles. The summed E-state index contributed by atoms with van der Waals surface area (Å²) in [6, 6.07) is 0. The maximum absolute atomic E-state index is 11.1. The largest absolute Gasteiger partial charge is 0.393 e. The number of aliphatic hydroxyl groups is 3. The van der Waals surface area contributed by atoms with E-state index in [-0.39, 0.29) is 23.4 Å². The van der Waals surface area contributed by atoms with Gasteiger partial charge in [-0.15, -0.1) is 0 Å². The molecular formula is C20H35BrO3. The van der Waals surface area contributed by atoms with Gasteiger partial charge >= 0.3 is 0 Å². The van der Waals surface area contributed by atoms with E-state index >= 15 is 0 Å². The van der Waals surface area contributed by atoms with Gasteiger partial charge in [0.25, 0.3) is 0 Å². The molecule has 2 fully saturated rings. The van der Waals surface area contributed by atoms with Crippen LogP contribution in [-0.4, -0.2) is 38.5 Å². The van der Waals surface area contributed by atoms with Gasteiger partial charge in [0.15, 0.2) is 0 Å². The third-order valence-corrected chi connectivity index (χ3v) is 8.96. The third-order valence-electron chi connectivity index (χ3n) is 7.32. The van der Waals surface area contributed by atoms with Crippen molar-refractivity contribution >= 4 is 15.9 Å². The summed E-state index contributed by atoms with van der Waals surface area (Å²) in [6.07, 6.45) is 4.77. The van der Waals surface area contributed by atoms with Crippen LogP contribution in [0.15, 0.2) is 12.2 Å². The van der Waals surface area contributed by atoms with Crippen LogP contribution in [0.1, 0.15) is 66.2 Å². The van der Waals surface area contributed by atoms with Crippen LogP contribution in [0.2, 0.25) is 0 Å². The Morgan fingerprint density at radius 3 is 2.42 bits per heavy atom. The van der Waals surface area contributed by atoms with Crippen molar-refractivity contribution in [3.05, 3.63) is 12.2 Å². The average molecular weight is 403 g/mol. The van der Waals surface area contributed by atoms with Gasteiger partial charge in [0.1, 0.15) is 0 Å². The first-order valence-corrected chi connectivity index (χ1v) is 10.2. The van der Waals surface area contributed by atoms with Gasteiger partial charge in [-0.2, -0.15) is 0 Å². The highest BCUT2D eigenvalue weighted by Gasteiger charge is 2.59. The van der Waals surface area contributed by atoms with E-state index in [1.54, 1.807) is 0 Å². The van der Waals surface area contributed by atoms with Gasteiger partial charge in [-0.1, -0.05) is 43.3 Å². The van der Waals surface area contributed by atoms with Crippen molar-refractivity contribution in [1.82, 2.24) is 0 Å². The molecule has 0 aromatic carbocycles. The fourth-order valence-corrected chi connectivity index (χ4v) is 6.31. The average Bonchev–Trinajstić information content (AvgIpc) is 2.49. The SMILES string of the molecule is C=C(CCC1C(C)(O)CCC2C(C)(C)C(Br)CCC12C)C(O)CO. The van der Waals surface area contributed by atoms with Crippen molar-refractivity contribution in [2.45, 2.75) is 82.8 Å². The van der Waals surface area contributed by atoms with Crippen LogP contribution in [0.3, 0.4) is 0 Å². The summed E-state index contributed by atoms with van der Waals surface area (Å²) in [7, 11) is 0. The lowest BCUT2D eigenvalue weighted by Gasteiger charge is -2.62. The summed E-state index contributed by atoms with van der Waals surface area (Å²) in [4.78, 5) is 0.526. The molecule has 0 spiro atoms. The Morgan fingerprint density at radius 2 is 1.83 bits per heavy atom. The van der Waals surface area contributed by atoms with Crippen LogP contribution in [0.5, 0.6) is 0 Å². The molecule has 0 amide bonds. The Bertz CT molecular complexity index is 474. The summed E-state index contributed by atoms with van der Waals surface area (Å²) in [5.74, 6) is 0.759. The molecule has 2 rings (SSSR count). The molecule has 2 saturated carbocycles. The van der Waals surface area contributed by atoms with Gasteiger partial charge in [0, 0.05) is 4.83 Å².